The van der Waals surface area contributed by atoms with Gasteiger partial charge in [0.05, 0.1) is 21.4 Å². The number of hydrogen-bond acceptors (Lipinski definition) is 6. The van der Waals surface area contributed by atoms with Crippen molar-refractivity contribution in [2.45, 2.75) is 64.7 Å². The minimum Gasteiger partial charge on any atom is -0.312 e. The molecule has 0 amide bonds. The van der Waals surface area contributed by atoms with E-state index in [-0.39, 0.29) is 35.9 Å². The number of benzene rings is 2. The lowest BCUT2D eigenvalue weighted by atomic mass is 9.98. The van der Waals surface area contributed by atoms with Crippen molar-refractivity contribution in [3.63, 3.8) is 0 Å². The number of halogens is 4. The first kappa shape index (κ1) is 36.2. The Labute approximate surface area is 311 Å². The third-order valence-electron chi connectivity index (χ3n) is 9.84. The summed E-state index contributed by atoms with van der Waals surface area (Å²) in [5.41, 5.74) is 6.59. The number of aromatic nitrogens is 6. The molecule has 8 rings (SSSR count). The van der Waals surface area contributed by atoms with Crippen LogP contribution in [-0.4, -0.2) is 53.5 Å². The summed E-state index contributed by atoms with van der Waals surface area (Å²) < 4.78 is 6.95. The van der Waals surface area contributed by atoms with E-state index in [1.54, 1.807) is 21.2 Å². The average Bonchev–Trinajstić information content (AvgIpc) is 3.90. The summed E-state index contributed by atoms with van der Waals surface area (Å²) in [6.07, 6.45) is 8.15. The van der Waals surface area contributed by atoms with Crippen molar-refractivity contribution >= 4 is 59.0 Å². The fraction of sp³-hybridized carbons (Fsp3) is 0.333. The molecule has 0 unspecified atom stereocenters. The first-order valence-corrected chi connectivity index (χ1v) is 17.3. The molecule has 50 heavy (non-hydrogen) atoms. The minimum atomic E-state index is -0.0740. The van der Waals surface area contributed by atoms with E-state index >= 15 is 0 Å². The summed E-state index contributed by atoms with van der Waals surface area (Å²) in [5.74, 6) is 0. The van der Waals surface area contributed by atoms with Crippen LogP contribution in [0.5, 0.6) is 0 Å². The molecule has 0 bridgehead atoms. The van der Waals surface area contributed by atoms with Gasteiger partial charge in [-0.3, -0.25) is 9.59 Å². The quantitative estimate of drug-likeness (QED) is 0.191. The summed E-state index contributed by atoms with van der Waals surface area (Å²) in [6, 6.07) is 15.6. The van der Waals surface area contributed by atoms with Gasteiger partial charge in [0.1, 0.15) is 11.0 Å². The summed E-state index contributed by atoms with van der Waals surface area (Å²) in [4.78, 5) is 27.1. The van der Waals surface area contributed by atoms with Gasteiger partial charge in [0.15, 0.2) is 0 Å². The maximum absolute atomic E-state index is 13.6. The van der Waals surface area contributed by atoms with Gasteiger partial charge in [-0.2, -0.15) is 10.2 Å². The van der Waals surface area contributed by atoms with E-state index in [4.69, 9.17) is 33.4 Å². The fourth-order valence-electron chi connectivity index (χ4n) is 7.25. The van der Waals surface area contributed by atoms with Gasteiger partial charge in [0, 0.05) is 71.2 Å². The van der Waals surface area contributed by atoms with Crippen molar-refractivity contribution in [1.82, 2.24) is 39.0 Å². The van der Waals surface area contributed by atoms with Crippen molar-refractivity contribution in [3.8, 4) is 33.6 Å². The van der Waals surface area contributed by atoms with E-state index in [9.17, 15) is 9.59 Å². The Morgan fingerprint density at radius 1 is 0.680 bits per heavy atom. The zero-order valence-corrected chi connectivity index (χ0v) is 30.8. The van der Waals surface area contributed by atoms with Gasteiger partial charge in [-0.1, -0.05) is 59.6 Å². The standard InChI is InChI=1S/C36H36Cl2N8O2.2ClH/c1-21-17-45-31(35(47)43(21)19-23-7-5-13-39-23)15-29(41-45)27-11-3-9-25(33(27)37)26-10-4-12-28(34(26)38)30-16-32-36(48)44(20-24-8-6-14-40-24)22(2)18-46(32)42-30;;/h3-4,9-12,15-18,23-24,39-40H,5-8,13-14,19-20H2,1-2H3;2*1H/t23-,24-;;/m0../s1. The molecule has 14 heteroatoms. The SMILES string of the molecule is Cc1cn2nc(-c3cccc(-c4cccc(-c5cc6c(=O)n(C[C@@H]7CCCN7)c(C)cn6n5)c4Cl)c3Cl)cc2c(=O)n1C[C@@H]1CCCN1.Cl.Cl. The van der Waals surface area contributed by atoms with E-state index in [0.717, 1.165) is 61.3 Å². The molecule has 6 heterocycles. The van der Waals surface area contributed by atoms with E-state index in [2.05, 4.69) is 10.6 Å². The highest BCUT2D eigenvalue weighted by atomic mass is 35.5. The van der Waals surface area contributed by atoms with Crippen LogP contribution in [0.15, 0.2) is 70.5 Å². The van der Waals surface area contributed by atoms with E-state index in [0.29, 0.717) is 68.8 Å². The Kier molecular flexibility index (Phi) is 10.5. The molecule has 2 aromatic carbocycles. The highest BCUT2D eigenvalue weighted by molar-refractivity contribution is 6.39. The average molecular weight is 757 g/mol. The summed E-state index contributed by atoms with van der Waals surface area (Å²) in [6.45, 7) is 7.11. The van der Waals surface area contributed by atoms with Gasteiger partial charge in [0.25, 0.3) is 11.1 Å². The number of rotatable bonds is 7. The molecule has 6 aromatic rings. The van der Waals surface area contributed by atoms with Crippen molar-refractivity contribution in [1.29, 1.82) is 0 Å². The second-order valence-electron chi connectivity index (χ2n) is 13.0. The van der Waals surface area contributed by atoms with Crippen molar-refractivity contribution in [2.24, 2.45) is 0 Å². The predicted molar refractivity (Wildman–Crippen MR) is 205 cm³/mol. The van der Waals surface area contributed by atoms with Crippen LogP contribution in [0.1, 0.15) is 37.1 Å². The Bertz CT molecular complexity index is 2170. The van der Waals surface area contributed by atoms with Crippen LogP contribution in [0.2, 0.25) is 10.0 Å². The molecule has 2 N–H and O–H groups in total. The molecule has 2 fully saturated rings. The number of aryl methyl sites for hydroxylation is 2. The second kappa shape index (κ2) is 14.5. The minimum absolute atomic E-state index is 0. The van der Waals surface area contributed by atoms with Gasteiger partial charge in [0.2, 0.25) is 0 Å². The monoisotopic (exact) mass is 754 g/mol. The third kappa shape index (κ3) is 6.38. The zero-order chi connectivity index (χ0) is 33.1. The van der Waals surface area contributed by atoms with Gasteiger partial charge in [-0.25, -0.2) is 9.03 Å². The largest absolute Gasteiger partial charge is 0.312 e. The number of hydrogen-bond donors (Lipinski definition) is 2. The Morgan fingerprint density at radius 3 is 1.46 bits per heavy atom. The summed E-state index contributed by atoms with van der Waals surface area (Å²) >= 11 is 14.2. The van der Waals surface area contributed by atoms with Crippen molar-refractivity contribution < 1.29 is 0 Å². The second-order valence-corrected chi connectivity index (χ2v) is 13.8. The lowest BCUT2D eigenvalue weighted by molar-refractivity contribution is 0.491. The molecule has 2 aliphatic rings. The number of nitrogens with zero attached hydrogens (tertiary/aromatic N) is 6. The molecule has 2 aliphatic heterocycles. The maximum Gasteiger partial charge on any atom is 0.276 e. The van der Waals surface area contributed by atoms with Gasteiger partial charge < -0.3 is 19.8 Å². The van der Waals surface area contributed by atoms with Crippen molar-refractivity contribution in [2.75, 3.05) is 13.1 Å². The maximum atomic E-state index is 13.6. The van der Waals surface area contributed by atoms with E-state index in [1.807, 2.05) is 71.8 Å². The van der Waals surface area contributed by atoms with E-state index < -0.39 is 0 Å². The molecule has 262 valence electrons. The topological polar surface area (TPSA) is 103 Å². The number of fused-ring (bicyclic) bond motifs is 2. The molecular formula is C36H38Cl4N8O2. The van der Waals surface area contributed by atoms with Crippen LogP contribution < -0.4 is 21.8 Å². The molecule has 4 aromatic heterocycles. The van der Waals surface area contributed by atoms with Crippen LogP contribution in [-0.2, 0) is 13.1 Å². The predicted octanol–water partition coefficient (Wildman–Crippen LogP) is 6.58. The van der Waals surface area contributed by atoms with E-state index in [1.165, 1.54) is 0 Å². The van der Waals surface area contributed by atoms with Gasteiger partial charge in [-0.15, -0.1) is 24.8 Å². The van der Waals surface area contributed by atoms with Crippen LogP contribution in [0.25, 0.3) is 44.7 Å². The first-order chi connectivity index (χ1) is 23.3. The third-order valence-corrected chi connectivity index (χ3v) is 10.7. The Morgan fingerprint density at radius 2 is 1.08 bits per heavy atom. The van der Waals surface area contributed by atoms with Crippen LogP contribution in [0.3, 0.4) is 0 Å². The molecule has 0 saturated carbocycles. The Balaban J connectivity index is 0.00000216. The van der Waals surface area contributed by atoms with Crippen LogP contribution >= 0.6 is 48.0 Å². The molecule has 0 radical (unpaired) electrons. The highest BCUT2D eigenvalue weighted by Crippen LogP contribution is 2.42. The van der Waals surface area contributed by atoms with Crippen LogP contribution in [0, 0.1) is 13.8 Å². The van der Waals surface area contributed by atoms with Gasteiger partial charge >= 0.3 is 0 Å². The fourth-order valence-corrected chi connectivity index (χ4v) is 7.90. The number of nitrogens with one attached hydrogen (secondary N) is 2. The molecule has 0 aliphatic carbocycles. The van der Waals surface area contributed by atoms with Gasteiger partial charge in [-0.05, 0) is 64.8 Å². The van der Waals surface area contributed by atoms with Crippen molar-refractivity contribution in [3.05, 3.63) is 103 Å². The lowest BCUT2D eigenvalue weighted by Crippen LogP contribution is -2.34. The molecule has 2 atom stereocenters. The highest BCUT2D eigenvalue weighted by Gasteiger charge is 2.22. The molecule has 10 nitrogen and oxygen atoms in total. The summed E-state index contributed by atoms with van der Waals surface area (Å²) in [5, 5.41) is 17.4. The smallest absolute Gasteiger partial charge is 0.276 e. The van der Waals surface area contributed by atoms with Crippen LogP contribution in [0.4, 0.5) is 0 Å². The molecule has 2 saturated heterocycles. The summed E-state index contributed by atoms with van der Waals surface area (Å²) in [7, 11) is 0. The first-order valence-electron chi connectivity index (χ1n) is 16.5. The lowest BCUT2D eigenvalue weighted by Gasteiger charge is -2.15. The molecular weight excluding hydrogens is 718 g/mol. The Hall–Kier alpha value is -3.64. The zero-order valence-electron chi connectivity index (χ0n) is 27.7. The normalized spacial score (nSPS) is 17.4. The molecule has 0 spiro atoms.